The Kier molecular flexibility index (Phi) is 2.94. The summed E-state index contributed by atoms with van der Waals surface area (Å²) in [6.07, 6.45) is 1.98. The van der Waals surface area contributed by atoms with Gasteiger partial charge in [-0.3, -0.25) is 4.79 Å². The van der Waals surface area contributed by atoms with Crippen LogP contribution >= 0.6 is 11.3 Å². The van der Waals surface area contributed by atoms with E-state index in [9.17, 15) is 4.79 Å². The van der Waals surface area contributed by atoms with Gasteiger partial charge in [-0.25, -0.2) is 0 Å². The fraction of sp³-hybridized carbons (Fsp3) is 0.643. The summed E-state index contributed by atoms with van der Waals surface area (Å²) in [6, 6.07) is 2.42. The first-order chi connectivity index (χ1) is 8.62. The van der Waals surface area contributed by atoms with Gasteiger partial charge in [0.15, 0.2) is 0 Å². The molecule has 0 saturated carbocycles. The molecule has 1 saturated heterocycles. The third kappa shape index (κ3) is 1.79. The minimum absolute atomic E-state index is 0.193. The van der Waals surface area contributed by atoms with Crippen molar-refractivity contribution in [3.8, 4) is 0 Å². The number of thiophene rings is 1. The summed E-state index contributed by atoms with van der Waals surface area (Å²) < 4.78 is 0. The molecule has 0 spiro atoms. The van der Waals surface area contributed by atoms with Crippen LogP contribution in [0.3, 0.4) is 0 Å². The molecule has 98 valence electrons. The lowest BCUT2D eigenvalue weighted by atomic mass is 9.86. The van der Waals surface area contributed by atoms with Crippen molar-refractivity contribution in [2.24, 2.45) is 5.41 Å². The van der Waals surface area contributed by atoms with Crippen molar-refractivity contribution in [3.05, 3.63) is 21.9 Å². The van der Waals surface area contributed by atoms with E-state index in [0.29, 0.717) is 5.91 Å². The molecule has 3 heterocycles. The number of nitrogens with zero attached hydrogens (tertiary/aromatic N) is 1. The number of hydrogen-bond acceptors (Lipinski definition) is 3. The largest absolute Gasteiger partial charge is 0.335 e. The van der Waals surface area contributed by atoms with Crippen LogP contribution in [0.1, 0.15) is 36.8 Å². The van der Waals surface area contributed by atoms with Crippen LogP contribution in [0.2, 0.25) is 0 Å². The van der Waals surface area contributed by atoms with Crippen LogP contribution in [0.25, 0.3) is 0 Å². The molecule has 0 aromatic carbocycles. The summed E-state index contributed by atoms with van der Waals surface area (Å²) >= 11 is 1.82. The Morgan fingerprint density at radius 1 is 1.61 bits per heavy atom. The Morgan fingerprint density at radius 3 is 3.17 bits per heavy atom. The average molecular weight is 264 g/mol. The highest BCUT2D eigenvalue weighted by molar-refractivity contribution is 7.10. The molecule has 3 rings (SSSR count). The summed E-state index contributed by atoms with van der Waals surface area (Å²) in [6.45, 7) is 6.93. The lowest BCUT2D eigenvalue weighted by molar-refractivity contribution is -0.142. The van der Waals surface area contributed by atoms with Crippen molar-refractivity contribution < 1.29 is 4.79 Å². The zero-order chi connectivity index (χ0) is 12.8. The first-order valence-corrected chi connectivity index (χ1v) is 7.58. The van der Waals surface area contributed by atoms with E-state index in [2.05, 4.69) is 35.5 Å². The molecule has 0 bridgehead atoms. The number of carbonyl (C=O) groups is 1. The van der Waals surface area contributed by atoms with E-state index in [-0.39, 0.29) is 11.5 Å². The first kappa shape index (κ1) is 12.2. The standard InChI is InChI=1S/C14H20N2OS/c1-10-11-4-8-18-12(11)3-7-16(10)13(17)14(2)5-6-15-9-14/h4,8,10,15H,3,5-7,9H2,1-2H3. The van der Waals surface area contributed by atoms with Gasteiger partial charge in [0.25, 0.3) is 0 Å². The summed E-state index contributed by atoms with van der Waals surface area (Å²) in [5.41, 5.74) is 1.16. The second kappa shape index (κ2) is 4.35. The minimum atomic E-state index is -0.193. The van der Waals surface area contributed by atoms with Gasteiger partial charge < -0.3 is 10.2 Å². The van der Waals surface area contributed by atoms with Gasteiger partial charge in [-0.15, -0.1) is 11.3 Å². The summed E-state index contributed by atoms with van der Waals surface area (Å²) in [5.74, 6) is 0.330. The van der Waals surface area contributed by atoms with Crippen molar-refractivity contribution >= 4 is 17.2 Å². The zero-order valence-electron chi connectivity index (χ0n) is 11.0. The molecular formula is C14H20N2OS. The van der Waals surface area contributed by atoms with E-state index < -0.39 is 0 Å². The van der Waals surface area contributed by atoms with Gasteiger partial charge in [-0.05, 0) is 50.2 Å². The Bertz CT molecular complexity index is 462. The topological polar surface area (TPSA) is 32.3 Å². The summed E-state index contributed by atoms with van der Waals surface area (Å²) in [4.78, 5) is 16.3. The second-order valence-electron chi connectivity index (χ2n) is 5.71. The average Bonchev–Trinajstić information content (AvgIpc) is 2.98. The van der Waals surface area contributed by atoms with Crippen LogP contribution in [0.5, 0.6) is 0 Å². The molecule has 2 aliphatic heterocycles. The van der Waals surface area contributed by atoms with Gasteiger partial charge in [0, 0.05) is 18.0 Å². The fourth-order valence-corrected chi connectivity index (χ4v) is 4.10. The monoisotopic (exact) mass is 264 g/mol. The highest BCUT2D eigenvalue weighted by atomic mass is 32.1. The van der Waals surface area contributed by atoms with E-state index in [1.807, 2.05) is 11.3 Å². The highest BCUT2D eigenvalue weighted by Gasteiger charge is 2.41. The zero-order valence-corrected chi connectivity index (χ0v) is 11.8. The van der Waals surface area contributed by atoms with Crippen LogP contribution in [-0.2, 0) is 11.2 Å². The van der Waals surface area contributed by atoms with Crippen LogP contribution in [0, 0.1) is 5.41 Å². The molecule has 1 fully saturated rings. The molecule has 1 aromatic heterocycles. The molecular weight excluding hydrogens is 244 g/mol. The SMILES string of the molecule is CC1c2ccsc2CCN1C(=O)C1(C)CCNC1. The summed E-state index contributed by atoms with van der Waals surface area (Å²) in [5, 5.41) is 5.46. The van der Waals surface area contributed by atoms with Crippen molar-refractivity contribution in [1.29, 1.82) is 0 Å². The molecule has 18 heavy (non-hydrogen) atoms. The van der Waals surface area contributed by atoms with Crippen molar-refractivity contribution in [3.63, 3.8) is 0 Å². The van der Waals surface area contributed by atoms with Gasteiger partial charge in [-0.2, -0.15) is 0 Å². The molecule has 1 aromatic rings. The van der Waals surface area contributed by atoms with Gasteiger partial charge >= 0.3 is 0 Å². The van der Waals surface area contributed by atoms with E-state index >= 15 is 0 Å². The predicted octanol–water partition coefficient (Wildman–Crippen LogP) is 2.19. The lowest BCUT2D eigenvalue weighted by Gasteiger charge is -2.38. The number of fused-ring (bicyclic) bond motifs is 1. The normalized spacial score (nSPS) is 31.4. The molecule has 2 atom stereocenters. The van der Waals surface area contributed by atoms with Gasteiger partial charge in [0.05, 0.1) is 11.5 Å². The Balaban J connectivity index is 1.84. The van der Waals surface area contributed by atoms with Gasteiger partial charge in [0.1, 0.15) is 0 Å². The first-order valence-electron chi connectivity index (χ1n) is 6.70. The predicted molar refractivity (Wildman–Crippen MR) is 73.7 cm³/mol. The van der Waals surface area contributed by atoms with Crippen LogP contribution in [0.4, 0.5) is 0 Å². The van der Waals surface area contributed by atoms with Crippen LogP contribution in [0.15, 0.2) is 11.4 Å². The smallest absolute Gasteiger partial charge is 0.230 e. The van der Waals surface area contributed by atoms with E-state index in [0.717, 1.165) is 32.5 Å². The second-order valence-corrected chi connectivity index (χ2v) is 6.71. The maximum atomic E-state index is 12.8. The number of hydrogen-bond donors (Lipinski definition) is 1. The quantitative estimate of drug-likeness (QED) is 0.843. The number of amides is 1. The Hall–Kier alpha value is -0.870. The van der Waals surface area contributed by atoms with Gasteiger partial charge in [-0.1, -0.05) is 0 Å². The van der Waals surface area contributed by atoms with Crippen molar-refractivity contribution in [2.45, 2.75) is 32.7 Å². The number of nitrogens with one attached hydrogen (secondary N) is 1. The van der Waals surface area contributed by atoms with Crippen LogP contribution in [-0.4, -0.2) is 30.4 Å². The Labute approximate surface area is 112 Å². The van der Waals surface area contributed by atoms with E-state index in [1.165, 1.54) is 10.4 Å². The highest BCUT2D eigenvalue weighted by Crippen LogP contribution is 2.37. The Morgan fingerprint density at radius 2 is 2.44 bits per heavy atom. The third-order valence-corrected chi connectivity index (χ3v) is 5.42. The van der Waals surface area contributed by atoms with E-state index in [4.69, 9.17) is 0 Å². The molecule has 1 amide bonds. The van der Waals surface area contributed by atoms with Crippen molar-refractivity contribution in [1.82, 2.24) is 10.2 Å². The van der Waals surface area contributed by atoms with E-state index in [1.54, 1.807) is 0 Å². The fourth-order valence-electron chi connectivity index (χ4n) is 3.13. The summed E-state index contributed by atoms with van der Waals surface area (Å²) in [7, 11) is 0. The molecule has 2 aliphatic rings. The molecule has 1 N–H and O–H groups in total. The van der Waals surface area contributed by atoms with Gasteiger partial charge in [0.2, 0.25) is 5.91 Å². The molecule has 4 heteroatoms. The number of rotatable bonds is 1. The molecule has 0 aliphatic carbocycles. The maximum Gasteiger partial charge on any atom is 0.230 e. The molecule has 0 radical (unpaired) electrons. The van der Waals surface area contributed by atoms with Crippen LogP contribution < -0.4 is 5.32 Å². The van der Waals surface area contributed by atoms with Crippen molar-refractivity contribution in [2.75, 3.05) is 19.6 Å². The number of carbonyl (C=O) groups excluding carboxylic acids is 1. The maximum absolute atomic E-state index is 12.8. The molecule has 2 unspecified atom stereocenters. The third-order valence-electron chi connectivity index (χ3n) is 4.42. The lowest BCUT2D eigenvalue weighted by Crippen LogP contribution is -2.47. The molecule has 3 nitrogen and oxygen atoms in total. The minimum Gasteiger partial charge on any atom is -0.335 e.